The molecule has 0 saturated heterocycles. The highest BCUT2D eigenvalue weighted by atomic mass is 35.5. The Kier molecular flexibility index (Phi) is 18.6. The van der Waals surface area contributed by atoms with E-state index in [9.17, 15) is 4.79 Å². The zero-order valence-corrected chi connectivity index (χ0v) is 15.9. The van der Waals surface area contributed by atoms with Crippen LogP contribution in [0.3, 0.4) is 0 Å². The van der Waals surface area contributed by atoms with Crippen LogP contribution in [0.2, 0.25) is 0 Å². The van der Waals surface area contributed by atoms with Crippen LogP contribution in [0.15, 0.2) is 60.8 Å². The first-order chi connectivity index (χ1) is 11.8. The number of halogens is 1. The van der Waals surface area contributed by atoms with E-state index in [1.54, 1.807) is 12.2 Å². The third kappa shape index (κ3) is 20.7. The molecule has 0 spiro atoms. The maximum absolute atomic E-state index is 10.4. The summed E-state index contributed by atoms with van der Waals surface area (Å²) < 4.78 is 0. The lowest BCUT2D eigenvalue weighted by Crippen LogP contribution is -1.80. The summed E-state index contributed by atoms with van der Waals surface area (Å²) in [4.78, 5) is 10.4. The quantitative estimate of drug-likeness (QED) is 0.130. The fourth-order valence-corrected chi connectivity index (χ4v) is 2.34. The van der Waals surface area contributed by atoms with Gasteiger partial charge in [0.15, 0.2) is 0 Å². The van der Waals surface area contributed by atoms with Crippen molar-refractivity contribution in [3.63, 3.8) is 0 Å². The van der Waals surface area contributed by atoms with Crippen molar-refractivity contribution in [1.29, 1.82) is 0 Å². The number of hydrogen-bond acceptors (Lipinski definition) is 1. The lowest BCUT2D eigenvalue weighted by molar-refractivity contribution is -0.107. The zero-order valence-electron chi connectivity index (χ0n) is 15.1. The van der Waals surface area contributed by atoms with Crippen LogP contribution in [0, 0.1) is 0 Å². The summed E-state index contributed by atoms with van der Waals surface area (Å²) in [6.45, 7) is 2.27. The van der Waals surface area contributed by atoms with Gasteiger partial charge in [-0.25, -0.2) is 0 Å². The minimum atomic E-state index is -0.458. The van der Waals surface area contributed by atoms with Crippen LogP contribution in [0.5, 0.6) is 0 Å². The third-order valence-electron chi connectivity index (χ3n) is 3.62. The van der Waals surface area contributed by atoms with Crippen LogP contribution in [-0.4, -0.2) is 5.24 Å². The molecule has 0 unspecified atom stereocenters. The molecule has 0 aromatic carbocycles. The van der Waals surface area contributed by atoms with Crippen molar-refractivity contribution in [2.45, 2.75) is 71.1 Å². The van der Waals surface area contributed by atoms with Crippen molar-refractivity contribution in [2.75, 3.05) is 0 Å². The SMILES string of the molecule is CCCCCCCCCCCC=CC=CC=CC=CC=CC(=O)Cl. The Morgan fingerprint density at radius 1 is 0.667 bits per heavy atom. The van der Waals surface area contributed by atoms with Crippen molar-refractivity contribution in [1.82, 2.24) is 0 Å². The summed E-state index contributed by atoms with van der Waals surface area (Å²) >= 11 is 5.16. The molecule has 0 atom stereocenters. The molecule has 24 heavy (non-hydrogen) atoms. The molecule has 1 nitrogen and oxygen atoms in total. The van der Waals surface area contributed by atoms with Gasteiger partial charge in [0.2, 0.25) is 5.24 Å². The molecule has 0 aliphatic carbocycles. The number of rotatable bonds is 15. The van der Waals surface area contributed by atoms with Crippen LogP contribution in [0.25, 0.3) is 0 Å². The van der Waals surface area contributed by atoms with E-state index in [1.165, 1.54) is 70.3 Å². The van der Waals surface area contributed by atoms with Gasteiger partial charge >= 0.3 is 0 Å². The van der Waals surface area contributed by atoms with Gasteiger partial charge in [0.05, 0.1) is 0 Å². The Bertz CT molecular complexity index is 427. The first-order valence-electron chi connectivity index (χ1n) is 9.30. The Morgan fingerprint density at radius 2 is 1.12 bits per heavy atom. The molecular weight excluding hydrogens is 316 g/mol. The second-order valence-electron chi connectivity index (χ2n) is 5.86. The zero-order chi connectivity index (χ0) is 17.7. The van der Waals surface area contributed by atoms with E-state index >= 15 is 0 Å². The van der Waals surface area contributed by atoms with Crippen molar-refractivity contribution in [2.24, 2.45) is 0 Å². The Balaban J connectivity index is 3.44. The lowest BCUT2D eigenvalue weighted by Gasteiger charge is -2.00. The van der Waals surface area contributed by atoms with Crippen LogP contribution in [-0.2, 0) is 4.79 Å². The molecule has 0 aliphatic heterocycles. The van der Waals surface area contributed by atoms with Crippen molar-refractivity contribution in [3.8, 4) is 0 Å². The van der Waals surface area contributed by atoms with Crippen LogP contribution in [0.4, 0.5) is 0 Å². The molecule has 0 saturated carbocycles. The smallest absolute Gasteiger partial charge is 0.245 e. The van der Waals surface area contributed by atoms with Gasteiger partial charge in [-0.15, -0.1) is 0 Å². The number of carbonyl (C=O) groups excluding carboxylic acids is 1. The third-order valence-corrected chi connectivity index (χ3v) is 3.74. The summed E-state index contributed by atoms with van der Waals surface area (Å²) in [6, 6.07) is 0. The highest BCUT2D eigenvalue weighted by Gasteiger charge is 1.90. The van der Waals surface area contributed by atoms with Gasteiger partial charge in [-0.1, -0.05) is 113 Å². The van der Waals surface area contributed by atoms with Gasteiger partial charge in [0.25, 0.3) is 0 Å². The first-order valence-corrected chi connectivity index (χ1v) is 9.68. The molecule has 0 bridgehead atoms. The Labute approximate surface area is 153 Å². The molecule has 134 valence electrons. The molecule has 0 aromatic heterocycles. The van der Waals surface area contributed by atoms with Gasteiger partial charge in [-0.05, 0) is 30.5 Å². The standard InChI is InChI=1S/C22H33ClO/c1-2-3-4-5-6-7-8-9-10-11-12-13-14-15-16-17-18-19-20-21-22(23)24/h12-21H,2-11H2,1H3. The maximum Gasteiger partial charge on any atom is 0.245 e. The predicted octanol–water partition coefficient (Wildman–Crippen LogP) is 7.45. The fourth-order valence-electron chi connectivity index (χ4n) is 2.26. The first kappa shape index (κ1) is 22.7. The average Bonchev–Trinajstić information content (AvgIpc) is 2.56. The van der Waals surface area contributed by atoms with E-state index in [1.807, 2.05) is 30.4 Å². The Hall–Kier alpha value is -1.34. The molecule has 0 aromatic rings. The average molecular weight is 349 g/mol. The molecule has 0 N–H and O–H groups in total. The van der Waals surface area contributed by atoms with Crippen molar-refractivity contribution >= 4 is 16.8 Å². The minimum absolute atomic E-state index is 0.458. The van der Waals surface area contributed by atoms with Gasteiger partial charge in [0, 0.05) is 0 Å². The molecule has 0 rings (SSSR count). The highest BCUT2D eigenvalue weighted by molar-refractivity contribution is 6.66. The molecule has 0 amide bonds. The molecule has 0 heterocycles. The highest BCUT2D eigenvalue weighted by Crippen LogP contribution is 2.10. The normalized spacial score (nSPS) is 12.8. The van der Waals surface area contributed by atoms with Crippen LogP contribution >= 0.6 is 11.6 Å². The van der Waals surface area contributed by atoms with E-state index in [0.717, 1.165) is 0 Å². The molecule has 0 fully saturated rings. The number of carbonyl (C=O) groups is 1. The summed E-state index contributed by atoms with van der Waals surface area (Å²) in [5.41, 5.74) is 0. The van der Waals surface area contributed by atoms with E-state index < -0.39 is 5.24 Å². The van der Waals surface area contributed by atoms with Gasteiger partial charge < -0.3 is 0 Å². The van der Waals surface area contributed by atoms with Gasteiger partial charge in [-0.2, -0.15) is 0 Å². The van der Waals surface area contributed by atoms with E-state index in [2.05, 4.69) is 19.1 Å². The maximum atomic E-state index is 10.4. The molecule has 2 heteroatoms. The number of unbranched alkanes of at least 4 members (excludes halogenated alkanes) is 9. The molecular formula is C22H33ClO. The van der Waals surface area contributed by atoms with Crippen molar-refractivity contribution < 1.29 is 4.79 Å². The molecule has 0 aliphatic rings. The van der Waals surface area contributed by atoms with Crippen molar-refractivity contribution in [3.05, 3.63) is 60.8 Å². The monoisotopic (exact) mass is 348 g/mol. The number of allylic oxidation sites excluding steroid dienone is 10. The second kappa shape index (κ2) is 19.7. The molecule has 0 radical (unpaired) electrons. The summed E-state index contributed by atoms with van der Waals surface area (Å²) in [5, 5.41) is -0.458. The minimum Gasteiger partial charge on any atom is -0.276 e. The van der Waals surface area contributed by atoms with E-state index in [-0.39, 0.29) is 0 Å². The van der Waals surface area contributed by atoms with E-state index in [0.29, 0.717) is 0 Å². The number of hydrogen-bond donors (Lipinski definition) is 0. The van der Waals surface area contributed by atoms with Gasteiger partial charge in [-0.3, -0.25) is 4.79 Å². The summed E-state index contributed by atoms with van der Waals surface area (Å²) in [6.07, 6.45) is 32.4. The van der Waals surface area contributed by atoms with Crippen LogP contribution < -0.4 is 0 Å². The Morgan fingerprint density at radius 3 is 1.67 bits per heavy atom. The summed E-state index contributed by atoms with van der Waals surface area (Å²) in [5.74, 6) is 0. The fraction of sp³-hybridized carbons (Fsp3) is 0.500. The second-order valence-corrected chi connectivity index (χ2v) is 6.24. The van der Waals surface area contributed by atoms with Crippen LogP contribution in [0.1, 0.15) is 71.1 Å². The lowest BCUT2D eigenvalue weighted by atomic mass is 10.1. The summed E-state index contributed by atoms with van der Waals surface area (Å²) in [7, 11) is 0. The van der Waals surface area contributed by atoms with Gasteiger partial charge in [0.1, 0.15) is 0 Å². The predicted molar refractivity (Wildman–Crippen MR) is 108 cm³/mol. The largest absolute Gasteiger partial charge is 0.276 e. The topological polar surface area (TPSA) is 17.1 Å². The van der Waals surface area contributed by atoms with E-state index in [4.69, 9.17) is 11.6 Å².